The number of furan rings is 1. The zero-order valence-corrected chi connectivity index (χ0v) is 16.0. The van der Waals surface area contributed by atoms with E-state index in [1.54, 1.807) is 0 Å². The van der Waals surface area contributed by atoms with Crippen molar-refractivity contribution < 1.29 is 9.52 Å². The molecule has 0 aliphatic rings. The summed E-state index contributed by atoms with van der Waals surface area (Å²) in [6, 6.07) is 19.5. The molecule has 3 nitrogen and oxygen atoms in total. The largest absolute Gasteiger partial charge is 0.460 e. The molecule has 5 heteroatoms. The van der Waals surface area contributed by atoms with Crippen LogP contribution in [0.5, 0.6) is 0 Å². The van der Waals surface area contributed by atoms with E-state index >= 15 is 0 Å². The van der Waals surface area contributed by atoms with Crippen LogP contribution in [0.1, 0.15) is 17.4 Å². The Balaban J connectivity index is 1.58. The van der Waals surface area contributed by atoms with Crippen LogP contribution in [-0.4, -0.2) is 11.7 Å². The summed E-state index contributed by atoms with van der Waals surface area (Å²) < 4.78 is 7.88. The van der Waals surface area contributed by atoms with Gasteiger partial charge >= 0.3 is 0 Å². The minimum atomic E-state index is -0.527. The van der Waals surface area contributed by atoms with Crippen LogP contribution in [0.4, 0.5) is 0 Å². The molecule has 0 saturated carbocycles. The highest BCUT2D eigenvalue weighted by atomic mass is 79.9. The number of benzene rings is 2. The Bertz CT molecular complexity index is 802. The molecule has 1 heterocycles. The van der Waals surface area contributed by atoms with Gasteiger partial charge in [0, 0.05) is 21.1 Å². The first-order valence-corrected chi connectivity index (χ1v) is 9.20. The van der Waals surface area contributed by atoms with Crippen LogP contribution in [0.15, 0.2) is 74.0 Å². The van der Waals surface area contributed by atoms with Gasteiger partial charge < -0.3 is 14.8 Å². The van der Waals surface area contributed by atoms with Gasteiger partial charge in [0.15, 0.2) is 0 Å². The van der Waals surface area contributed by atoms with E-state index in [0.29, 0.717) is 13.1 Å². The lowest BCUT2D eigenvalue weighted by atomic mass is 10.1. The van der Waals surface area contributed by atoms with Crippen molar-refractivity contribution in [1.29, 1.82) is 0 Å². The first-order valence-electron chi connectivity index (χ1n) is 7.61. The summed E-state index contributed by atoms with van der Waals surface area (Å²) in [7, 11) is 0. The van der Waals surface area contributed by atoms with Gasteiger partial charge in [-0.05, 0) is 51.8 Å². The van der Waals surface area contributed by atoms with E-state index in [2.05, 4.69) is 37.2 Å². The lowest BCUT2D eigenvalue weighted by Crippen LogP contribution is -2.20. The molecule has 0 unspecified atom stereocenters. The lowest BCUT2D eigenvalue weighted by molar-refractivity contribution is 0.173. The fourth-order valence-corrected chi connectivity index (χ4v) is 3.67. The average Bonchev–Trinajstić information content (AvgIpc) is 3.04. The molecular weight excluding hydrogens is 434 g/mol. The van der Waals surface area contributed by atoms with Gasteiger partial charge in [0.1, 0.15) is 11.5 Å². The van der Waals surface area contributed by atoms with E-state index in [4.69, 9.17) is 4.42 Å². The van der Waals surface area contributed by atoms with Crippen molar-refractivity contribution in [3.8, 4) is 11.3 Å². The van der Waals surface area contributed by atoms with Crippen LogP contribution >= 0.6 is 31.9 Å². The molecule has 1 aromatic heterocycles. The molecule has 3 rings (SSSR count). The quantitative estimate of drug-likeness (QED) is 0.535. The molecule has 124 valence electrons. The highest BCUT2D eigenvalue weighted by Gasteiger charge is 2.10. The van der Waals surface area contributed by atoms with Gasteiger partial charge in [-0.2, -0.15) is 0 Å². The van der Waals surface area contributed by atoms with Crippen molar-refractivity contribution >= 4 is 31.9 Å². The second kappa shape index (κ2) is 8.12. The van der Waals surface area contributed by atoms with Crippen LogP contribution in [0.2, 0.25) is 0 Å². The highest BCUT2D eigenvalue weighted by molar-refractivity contribution is 9.11. The molecule has 1 atom stereocenters. The SMILES string of the molecule is O[C@@H](CNCc1ccc(-c2ccc(Br)cc2Br)o1)c1ccccc1. The number of aliphatic hydroxyl groups is 1. The maximum atomic E-state index is 10.1. The highest BCUT2D eigenvalue weighted by Crippen LogP contribution is 2.31. The molecule has 2 aromatic carbocycles. The summed E-state index contributed by atoms with van der Waals surface area (Å²) in [6.45, 7) is 1.04. The molecule has 0 fully saturated rings. The number of rotatable bonds is 6. The Kier molecular flexibility index (Phi) is 5.89. The molecule has 0 spiro atoms. The molecule has 0 saturated heterocycles. The first kappa shape index (κ1) is 17.4. The fraction of sp³-hybridized carbons (Fsp3) is 0.158. The number of hydrogen-bond donors (Lipinski definition) is 2. The average molecular weight is 451 g/mol. The van der Waals surface area contributed by atoms with E-state index in [9.17, 15) is 5.11 Å². The fourth-order valence-electron chi connectivity index (χ4n) is 2.43. The van der Waals surface area contributed by atoms with Crippen molar-refractivity contribution in [3.05, 3.63) is 80.9 Å². The number of hydrogen-bond acceptors (Lipinski definition) is 3. The van der Waals surface area contributed by atoms with E-state index in [-0.39, 0.29) is 0 Å². The van der Waals surface area contributed by atoms with Gasteiger partial charge in [-0.1, -0.05) is 46.3 Å². The normalized spacial score (nSPS) is 12.3. The molecular formula is C19H17Br2NO2. The van der Waals surface area contributed by atoms with Gasteiger partial charge in [0.2, 0.25) is 0 Å². The maximum absolute atomic E-state index is 10.1. The van der Waals surface area contributed by atoms with Crippen molar-refractivity contribution in [1.82, 2.24) is 5.32 Å². The van der Waals surface area contributed by atoms with E-state index in [0.717, 1.165) is 31.6 Å². The lowest BCUT2D eigenvalue weighted by Gasteiger charge is -2.11. The Hall–Kier alpha value is -1.40. The predicted molar refractivity (Wildman–Crippen MR) is 103 cm³/mol. The number of nitrogens with one attached hydrogen (secondary N) is 1. The van der Waals surface area contributed by atoms with Crippen LogP contribution in [0.3, 0.4) is 0 Å². The van der Waals surface area contributed by atoms with Crippen LogP contribution in [0.25, 0.3) is 11.3 Å². The molecule has 2 N–H and O–H groups in total. The Labute approximate surface area is 158 Å². The van der Waals surface area contributed by atoms with Crippen LogP contribution < -0.4 is 5.32 Å². The number of halogens is 2. The van der Waals surface area contributed by atoms with Gasteiger partial charge in [0.25, 0.3) is 0 Å². The van der Waals surface area contributed by atoms with Gasteiger partial charge in [-0.3, -0.25) is 0 Å². The summed E-state index contributed by atoms with van der Waals surface area (Å²) in [6.07, 6.45) is -0.527. The zero-order valence-electron chi connectivity index (χ0n) is 12.9. The Morgan fingerprint density at radius 3 is 2.54 bits per heavy atom. The maximum Gasteiger partial charge on any atom is 0.135 e. The van der Waals surface area contributed by atoms with Crippen molar-refractivity contribution in [2.75, 3.05) is 6.54 Å². The molecule has 3 aromatic rings. The molecule has 0 bridgehead atoms. The monoisotopic (exact) mass is 449 g/mol. The summed E-state index contributed by atoms with van der Waals surface area (Å²) in [4.78, 5) is 0. The molecule has 0 aliphatic carbocycles. The topological polar surface area (TPSA) is 45.4 Å². The van der Waals surface area contributed by atoms with Gasteiger partial charge in [-0.25, -0.2) is 0 Å². The van der Waals surface area contributed by atoms with E-state index in [1.165, 1.54) is 0 Å². The van der Waals surface area contributed by atoms with Crippen molar-refractivity contribution in [3.63, 3.8) is 0 Å². The summed E-state index contributed by atoms with van der Waals surface area (Å²) in [5.74, 6) is 1.65. The second-order valence-electron chi connectivity index (χ2n) is 5.45. The predicted octanol–water partition coefficient (Wildman–Crippen LogP) is 5.29. The zero-order chi connectivity index (χ0) is 16.9. The smallest absolute Gasteiger partial charge is 0.135 e. The van der Waals surface area contributed by atoms with Gasteiger partial charge in [-0.15, -0.1) is 0 Å². The standard InChI is InChI=1S/C19H17Br2NO2/c20-14-6-8-16(17(21)10-14)19-9-7-15(24-19)11-22-12-18(23)13-4-2-1-3-5-13/h1-10,18,22-23H,11-12H2/t18-/m0/s1. The van der Waals surface area contributed by atoms with Crippen LogP contribution in [-0.2, 0) is 6.54 Å². The third kappa shape index (κ3) is 4.36. The van der Waals surface area contributed by atoms with Gasteiger partial charge in [0.05, 0.1) is 12.6 Å². The Morgan fingerprint density at radius 2 is 1.79 bits per heavy atom. The minimum absolute atomic E-state index is 0.474. The molecule has 24 heavy (non-hydrogen) atoms. The minimum Gasteiger partial charge on any atom is -0.460 e. The van der Waals surface area contributed by atoms with Crippen molar-refractivity contribution in [2.45, 2.75) is 12.6 Å². The summed E-state index contributed by atoms with van der Waals surface area (Å²) >= 11 is 7.00. The third-order valence-corrected chi connectivity index (χ3v) is 4.83. The first-order chi connectivity index (χ1) is 11.6. The van der Waals surface area contributed by atoms with E-state index < -0.39 is 6.10 Å². The number of aliphatic hydroxyl groups excluding tert-OH is 1. The van der Waals surface area contributed by atoms with E-state index in [1.807, 2.05) is 60.7 Å². The van der Waals surface area contributed by atoms with Crippen molar-refractivity contribution in [2.24, 2.45) is 0 Å². The summed E-state index contributed by atoms with van der Waals surface area (Å²) in [5.41, 5.74) is 1.91. The molecule has 0 amide bonds. The molecule has 0 radical (unpaired) electrons. The Morgan fingerprint density at radius 1 is 1.00 bits per heavy atom. The van der Waals surface area contributed by atoms with Crippen LogP contribution in [0, 0.1) is 0 Å². The summed E-state index contributed by atoms with van der Waals surface area (Å²) in [5, 5.41) is 13.4. The third-order valence-electron chi connectivity index (χ3n) is 3.68. The molecule has 0 aliphatic heterocycles. The second-order valence-corrected chi connectivity index (χ2v) is 7.22.